The Balaban J connectivity index is 1.54. The van der Waals surface area contributed by atoms with Gasteiger partial charge < -0.3 is 49.2 Å². The van der Waals surface area contributed by atoms with Crippen LogP contribution in [0.2, 0.25) is 0 Å². The molecule has 6 rings (SSSR count). The first-order valence-electron chi connectivity index (χ1n) is 16.1. The van der Waals surface area contributed by atoms with Crippen molar-refractivity contribution in [2.24, 2.45) is 4.99 Å². The highest BCUT2D eigenvalue weighted by Gasteiger charge is 2.72. The number of rotatable bonds is 6. The Morgan fingerprint density at radius 1 is 0.980 bits per heavy atom. The van der Waals surface area contributed by atoms with Crippen LogP contribution in [-0.4, -0.2) is 131 Å². The van der Waals surface area contributed by atoms with Crippen LogP contribution in [0.1, 0.15) is 88.7 Å². The molecule has 16 heteroatoms. The van der Waals surface area contributed by atoms with Gasteiger partial charge in [0, 0.05) is 44.4 Å². The van der Waals surface area contributed by atoms with E-state index in [1.54, 1.807) is 6.92 Å². The number of ether oxygens (including phenoxy) is 5. The summed E-state index contributed by atoms with van der Waals surface area (Å²) in [5.41, 5.74) is -10.0. The van der Waals surface area contributed by atoms with Crippen molar-refractivity contribution in [3.63, 3.8) is 0 Å². The molecule has 2 aromatic rings. The number of fused-ring (bicyclic) bond motifs is 5. The average molecular weight is 712 g/mol. The summed E-state index contributed by atoms with van der Waals surface area (Å²) in [7, 11) is 3.57. The van der Waals surface area contributed by atoms with Crippen molar-refractivity contribution in [1.82, 2.24) is 0 Å². The first kappa shape index (κ1) is 36.4. The number of aliphatic imine (C=N–C) groups is 1. The Kier molecular flexibility index (Phi) is 9.03. The van der Waals surface area contributed by atoms with E-state index in [4.69, 9.17) is 23.7 Å². The summed E-state index contributed by atoms with van der Waals surface area (Å²) in [6.45, 7) is 4.50. The van der Waals surface area contributed by atoms with Gasteiger partial charge in [-0.3, -0.25) is 24.2 Å². The molecule has 1 saturated heterocycles. The van der Waals surface area contributed by atoms with Gasteiger partial charge in [-0.2, -0.15) is 0 Å². The second kappa shape index (κ2) is 12.7. The number of carbonyl (C=O) groups excluding carboxylic acids is 5. The topological polar surface area (TPSA) is 245 Å². The van der Waals surface area contributed by atoms with Crippen LogP contribution in [0, 0.1) is 6.92 Å². The first-order valence-corrected chi connectivity index (χ1v) is 16.1. The molecular formula is C35H37NO15. The molecule has 1 heterocycles. The molecule has 0 amide bonds. The lowest BCUT2D eigenvalue weighted by Gasteiger charge is -2.52. The number of nitrogens with zero attached hydrogens (tertiary/aromatic N) is 1. The van der Waals surface area contributed by atoms with Gasteiger partial charge in [0.25, 0.3) is 0 Å². The van der Waals surface area contributed by atoms with E-state index in [2.05, 4.69) is 4.99 Å². The molecule has 0 aromatic heterocycles. The molecule has 0 bridgehead atoms. The maximum absolute atomic E-state index is 14.6. The predicted octanol–water partition coefficient (Wildman–Crippen LogP) is 0.498. The number of hydrogen-bond acceptors (Lipinski definition) is 16. The van der Waals surface area contributed by atoms with E-state index in [9.17, 15) is 49.5 Å². The molecule has 51 heavy (non-hydrogen) atoms. The number of aromatic hydroxyl groups is 2. The fourth-order valence-corrected chi connectivity index (χ4v) is 8.00. The third-order valence-electron chi connectivity index (χ3n) is 10.3. The standard InChI is InChI=1S/C35H37NO15/c1-7-50-33(45)20-12(2)8-14-9-19(38)35(49-6)31(44)22-16(30(43)34(35,46)23(14)26(20)41)10-15-21(25(22)40)18(37)11-17(24(15)39)36-32-29(48-5)27(42)28(47-4)13(3)51-32/h8,10,13,19,27-29,32,38,40-42,46H,7,9,11H2,1-6H3. The number of aliphatic hydroxyl groups is 3. The van der Waals surface area contributed by atoms with Crippen LogP contribution in [0.5, 0.6) is 11.5 Å². The molecule has 8 atom stereocenters. The SMILES string of the molecule is CCOC(=O)c1c(C)cc2c(c1O)C1(O)C(=O)c3cc4c(c(O)c3C(=O)C1(OC)C(O)C2)C(=O)CC(=NC1OC(C)C(OC)C(O)C1OC)C4=O. The van der Waals surface area contributed by atoms with Crippen LogP contribution < -0.4 is 0 Å². The van der Waals surface area contributed by atoms with Crippen molar-refractivity contribution in [2.75, 3.05) is 27.9 Å². The van der Waals surface area contributed by atoms with Crippen LogP contribution in [-0.2, 0) is 35.7 Å². The molecule has 1 aliphatic heterocycles. The molecule has 3 aliphatic carbocycles. The van der Waals surface area contributed by atoms with Gasteiger partial charge in [0.2, 0.25) is 17.3 Å². The van der Waals surface area contributed by atoms with E-state index in [0.717, 1.165) is 13.2 Å². The van der Waals surface area contributed by atoms with Crippen LogP contribution in [0.3, 0.4) is 0 Å². The molecule has 1 fully saturated rings. The molecule has 0 radical (unpaired) electrons. The van der Waals surface area contributed by atoms with E-state index in [1.165, 1.54) is 34.1 Å². The van der Waals surface area contributed by atoms with Gasteiger partial charge >= 0.3 is 5.97 Å². The molecule has 0 saturated carbocycles. The Labute approximate surface area is 290 Å². The number of Topliss-reactive ketones (excluding diaryl/α,β-unsaturated/α-hetero) is 4. The third kappa shape index (κ3) is 4.78. The van der Waals surface area contributed by atoms with E-state index in [0.29, 0.717) is 0 Å². The number of phenols is 2. The van der Waals surface area contributed by atoms with Gasteiger partial charge in [-0.25, -0.2) is 4.79 Å². The van der Waals surface area contributed by atoms with E-state index < -0.39 is 135 Å². The monoisotopic (exact) mass is 711 g/mol. The average Bonchev–Trinajstić information content (AvgIpc) is 3.06. The Bertz CT molecular complexity index is 1940. The highest BCUT2D eigenvalue weighted by atomic mass is 16.6. The van der Waals surface area contributed by atoms with Gasteiger partial charge in [-0.05, 0) is 38.0 Å². The molecule has 8 unspecified atom stereocenters. The molecule has 16 nitrogen and oxygen atoms in total. The van der Waals surface area contributed by atoms with Crippen molar-refractivity contribution >= 4 is 34.8 Å². The molecule has 272 valence electrons. The number of methoxy groups -OCH3 is 3. The maximum Gasteiger partial charge on any atom is 0.342 e. The Hall–Kier alpha value is -4.42. The van der Waals surface area contributed by atoms with Crippen LogP contribution in [0.4, 0.5) is 0 Å². The number of hydrogen-bond donors (Lipinski definition) is 5. The number of ketones is 4. The third-order valence-corrected chi connectivity index (χ3v) is 10.3. The number of benzene rings is 2. The lowest BCUT2D eigenvalue weighted by Crippen LogP contribution is -2.73. The second-order valence-corrected chi connectivity index (χ2v) is 12.9. The van der Waals surface area contributed by atoms with Gasteiger partial charge in [-0.1, -0.05) is 6.07 Å². The fourth-order valence-electron chi connectivity index (χ4n) is 8.00. The summed E-state index contributed by atoms with van der Waals surface area (Å²) in [6, 6.07) is 2.20. The van der Waals surface area contributed by atoms with Crippen LogP contribution in [0.25, 0.3) is 0 Å². The van der Waals surface area contributed by atoms with Crippen molar-refractivity contribution in [1.29, 1.82) is 0 Å². The minimum absolute atomic E-state index is 0.000450. The molecular weight excluding hydrogens is 674 g/mol. The number of aryl methyl sites for hydroxylation is 1. The predicted molar refractivity (Wildman–Crippen MR) is 172 cm³/mol. The quantitative estimate of drug-likeness (QED) is 0.256. The summed E-state index contributed by atoms with van der Waals surface area (Å²) < 4.78 is 27.1. The number of carbonyl (C=O) groups is 5. The second-order valence-electron chi connectivity index (χ2n) is 12.9. The number of phenolic OH excluding ortho intramolecular Hbond substituents is 2. The van der Waals surface area contributed by atoms with E-state index in [-0.39, 0.29) is 23.4 Å². The summed E-state index contributed by atoms with van der Waals surface area (Å²) in [5, 5.41) is 57.8. The molecule has 2 aromatic carbocycles. The highest BCUT2D eigenvalue weighted by Crippen LogP contribution is 2.56. The minimum Gasteiger partial charge on any atom is -0.507 e. The molecule has 5 N–H and O–H groups in total. The lowest BCUT2D eigenvalue weighted by atomic mass is 9.56. The van der Waals surface area contributed by atoms with Gasteiger partial charge in [0.05, 0.1) is 42.1 Å². The van der Waals surface area contributed by atoms with Crippen molar-refractivity contribution < 1.29 is 73.2 Å². The zero-order valence-corrected chi connectivity index (χ0v) is 28.5. The van der Waals surface area contributed by atoms with Crippen LogP contribution in [0.15, 0.2) is 17.1 Å². The Morgan fingerprint density at radius 3 is 2.25 bits per heavy atom. The maximum atomic E-state index is 14.6. The summed E-state index contributed by atoms with van der Waals surface area (Å²) in [5.74, 6) is -7.50. The number of esters is 1. The smallest absolute Gasteiger partial charge is 0.342 e. The molecule has 0 spiro atoms. The number of aliphatic hydroxyl groups excluding tert-OH is 2. The summed E-state index contributed by atoms with van der Waals surface area (Å²) in [4.78, 5) is 73.8. The summed E-state index contributed by atoms with van der Waals surface area (Å²) >= 11 is 0. The van der Waals surface area contributed by atoms with Crippen molar-refractivity contribution in [3.05, 3.63) is 56.6 Å². The van der Waals surface area contributed by atoms with E-state index >= 15 is 0 Å². The normalized spacial score (nSPS) is 32.3. The van der Waals surface area contributed by atoms with Crippen molar-refractivity contribution in [2.45, 2.75) is 81.6 Å². The van der Waals surface area contributed by atoms with Gasteiger partial charge in [-0.15, -0.1) is 0 Å². The zero-order valence-electron chi connectivity index (χ0n) is 28.5. The fraction of sp³-hybridized carbons (Fsp3) is 0.486. The summed E-state index contributed by atoms with van der Waals surface area (Å²) in [6.07, 6.45) is -8.23. The zero-order chi connectivity index (χ0) is 37.5. The van der Waals surface area contributed by atoms with Crippen molar-refractivity contribution in [3.8, 4) is 11.5 Å². The minimum atomic E-state index is -3.23. The van der Waals surface area contributed by atoms with Gasteiger partial charge in [0.15, 0.2) is 23.2 Å². The highest BCUT2D eigenvalue weighted by molar-refractivity contribution is 6.53. The Morgan fingerprint density at radius 2 is 1.65 bits per heavy atom. The van der Waals surface area contributed by atoms with Gasteiger partial charge in [0.1, 0.15) is 35.4 Å². The lowest BCUT2D eigenvalue weighted by molar-refractivity contribution is -0.228. The van der Waals surface area contributed by atoms with Crippen LogP contribution >= 0.6 is 0 Å². The molecule has 4 aliphatic rings. The first-order chi connectivity index (χ1) is 24.1. The largest absolute Gasteiger partial charge is 0.507 e. The van der Waals surface area contributed by atoms with E-state index in [1.807, 2.05) is 0 Å².